The van der Waals surface area contributed by atoms with E-state index in [0.29, 0.717) is 6.54 Å². The zero-order valence-electron chi connectivity index (χ0n) is 18.0. The van der Waals surface area contributed by atoms with E-state index in [1.807, 2.05) is 11.8 Å². The Kier molecular flexibility index (Phi) is 5.75. The molecule has 1 aromatic carbocycles. The van der Waals surface area contributed by atoms with Gasteiger partial charge in [-0.15, -0.1) is 21.5 Å². The number of aryl methyl sites for hydroxylation is 1. The minimum Gasteiger partial charge on any atom is -0.341 e. The highest BCUT2D eigenvalue weighted by Crippen LogP contribution is 2.32. The van der Waals surface area contributed by atoms with Gasteiger partial charge in [0.05, 0.1) is 10.9 Å². The summed E-state index contributed by atoms with van der Waals surface area (Å²) >= 11 is 3.30. The van der Waals surface area contributed by atoms with Gasteiger partial charge in [-0.1, -0.05) is 29.5 Å². The highest BCUT2D eigenvalue weighted by atomic mass is 32.2. The number of amides is 1. The number of hydrogen-bond donors (Lipinski definition) is 0. The first-order valence-corrected chi connectivity index (χ1v) is 12.6. The number of anilines is 1. The van der Waals surface area contributed by atoms with Crippen LogP contribution in [0.15, 0.2) is 40.9 Å². The number of carbonyl (C=O) groups is 1. The molecular weight excluding hydrogens is 426 g/mol. The van der Waals surface area contributed by atoms with Crippen molar-refractivity contribution in [2.45, 2.75) is 50.1 Å². The standard InChI is InChI=1S/C23H27N5OS2/c1-16-5-7-19(8-6-16)28-22(26-11-3-4-12-26)24-25-23(28)31-17(2)21(29)27-13-9-20-18(15-27)10-14-30-20/h5-8,10,14,17H,3-4,9,11-13,15H2,1-2H3. The van der Waals surface area contributed by atoms with Crippen molar-refractivity contribution >= 4 is 35.0 Å². The number of hydrogen-bond acceptors (Lipinski definition) is 6. The summed E-state index contributed by atoms with van der Waals surface area (Å²) in [6.07, 6.45) is 3.31. The third-order valence-corrected chi connectivity index (χ3v) is 8.10. The second-order valence-electron chi connectivity index (χ2n) is 8.29. The van der Waals surface area contributed by atoms with Crippen LogP contribution in [0.3, 0.4) is 0 Å². The first-order valence-electron chi connectivity index (χ1n) is 10.9. The van der Waals surface area contributed by atoms with Gasteiger partial charge in [0.25, 0.3) is 0 Å². The van der Waals surface area contributed by atoms with Crippen LogP contribution < -0.4 is 4.90 Å². The minimum atomic E-state index is -0.222. The van der Waals surface area contributed by atoms with Gasteiger partial charge in [-0.2, -0.15) is 0 Å². The molecule has 0 spiro atoms. The maximum atomic E-state index is 13.2. The molecular formula is C23H27N5OS2. The van der Waals surface area contributed by atoms with Gasteiger partial charge >= 0.3 is 0 Å². The number of aromatic nitrogens is 3. The summed E-state index contributed by atoms with van der Waals surface area (Å²) < 4.78 is 2.12. The summed E-state index contributed by atoms with van der Waals surface area (Å²) in [5.41, 5.74) is 3.55. The summed E-state index contributed by atoms with van der Waals surface area (Å²) in [5.74, 6) is 1.05. The van der Waals surface area contributed by atoms with Crippen LogP contribution in [0.2, 0.25) is 0 Å². The molecule has 8 heteroatoms. The monoisotopic (exact) mass is 453 g/mol. The number of nitrogens with zero attached hydrogens (tertiary/aromatic N) is 5. The van der Waals surface area contributed by atoms with Crippen molar-refractivity contribution in [3.05, 3.63) is 51.7 Å². The van der Waals surface area contributed by atoms with Gasteiger partial charge in [-0.3, -0.25) is 9.36 Å². The van der Waals surface area contributed by atoms with Crippen molar-refractivity contribution in [1.82, 2.24) is 19.7 Å². The van der Waals surface area contributed by atoms with Crippen molar-refractivity contribution in [2.75, 3.05) is 24.5 Å². The largest absolute Gasteiger partial charge is 0.341 e. The van der Waals surface area contributed by atoms with Crippen molar-refractivity contribution in [3.63, 3.8) is 0 Å². The van der Waals surface area contributed by atoms with E-state index < -0.39 is 0 Å². The second-order valence-corrected chi connectivity index (χ2v) is 10.6. The molecule has 2 aliphatic rings. The van der Waals surface area contributed by atoms with Gasteiger partial charge < -0.3 is 9.80 Å². The molecule has 3 aromatic rings. The summed E-state index contributed by atoms with van der Waals surface area (Å²) in [6, 6.07) is 10.6. The van der Waals surface area contributed by atoms with Crippen molar-refractivity contribution in [1.29, 1.82) is 0 Å². The van der Waals surface area contributed by atoms with Gasteiger partial charge in [-0.25, -0.2) is 0 Å². The van der Waals surface area contributed by atoms with Crippen LogP contribution in [0.5, 0.6) is 0 Å². The summed E-state index contributed by atoms with van der Waals surface area (Å²) in [7, 11) is 0. The predicted octanol–water partition coefficient (Wildman–Crippen LogP) is 4.30. The number of fused-ring (bicyclic) bond motifs is 1. The molecule has 5 rings (SSSR count). The molecule has 1 atom stereocenters. The van der Waals surface area contributed by atoms with E-state index in [1.165, 1.54) is 40.6 Å². The Morgan fingerprint density at radius 1 is 1.10 bits per heavy atom. The molecule has 1 unspecified atom stereocenters. The van der Waals surface area contributed by atoms with Gasteiger partial charge in [0.2, 0.25) is 11.9 Å². The lowest BCUT2D eigenvalue weighted by Gasteiger charge is -2.29. The van der Waals surface area contributed by atoms with Gasteiger partial charge in [0.1, 0.15) is 0 Å². The Balaban J connectivity index is 1.39. The van der Waals surface area contributed by atoms with Crippen LogP contribution in [0.25, 0.3) is 5.69 Å². The fraction of sp³-hybridized carbons (Fsp3) is 0.435. The Bertz CT molecular complexity index is 1070. The Morgan fingerprint density at radius 3 is 2.65 bits per heavy atom. The van der Waals surface area contributed by atoms with Crippen LogP contribution in [0.4, 0.5) is 5.95 Å². The van der Waals surface area contributed by atoms with Crippen molar-refractivity contribution in [3.8, 4) is 5.69 Å². The fourth-order valence-corrected chi connectivity index (χ4v) is 6.12. The number of benzene rings is 1. The highest BCUT2D eigenvalue weighted by Gasteiger charge is 2.29. The van der Waals surface area contributed by atoms with Gasteiger partial charge in [0.15, 0.2) is 5.16 Å². The van der Waals surface area contributed by atoms with Crippen LogP contribution in [-0.4, -0.2) is 50.5 Å². The molecule has 162 valence electrons. The molecule has 1 saturated heterocycles. The second kappa shape index (κ2) is 8.67. The molecule has 2 aliphatic heterocycles. The van der Waals surface area contributed by atoms with E-state index in [2.05, 4.69) is 62.3 Å². The molecule has 0 saturated carbocycles. The molecule has 0 bridgehead atoms. The number of carbonyl (C=O) groups excluding carboxylic acids is 1. The SMILES string of the molecule is Cc1ccc(-n2c(SC(C)C(=O)N3CCc4sccc4C3)nnc2N2CCCC2)cc1. The zero-order valence-corrected chi connectivity index (χ0v) is 19.6. The van der Waals surface area contributed by atoms with Crippen LogP contribution >= 0.6 is 23.1 Å². The number of rotatable bonds is 5. The van der Waals surface area contributed by atoms with E-state index in [4.69, 9.17) is 0 Å². The molecule has 1 fully saturated rings. The molecule has 31 heavy (non-hydrogen) atoms. The Morgan fingerprint density at radius 2 is 1.87 bits per heavy atom. The van der Waals surface area contributed by atoms with E-state index in [0.717, 1.165) is 42.8 Å². The molecule has 6 nitrogen and oxygen atoms in total. The fourth-order valence-electron chi connectivity index (χ4n) is 4.28. The molecule has 1 amide bonds. The highest BCUT2D eigenvalue weighted by molar-refractivity contribution is 8.00. The van der Waals surface area contributed by atoms with Gasteiger partial charge in [-0.05, 0) is 62.3 Å². The average Bonchev–Trinajstić information content (AvgIpc) is 3.53. The van der Waals surface area contributed by atoms with E-state index in [9.17, 15) is 4.79 Å². The summed E-state index contributed by atoms with van der Waals surface area (Å²) in [5, 5.41) is 11.7. The maximum Gasteiger partial charge on any atom is 0.236 e. The van der Waals surface area contributed by atoms with Crippen molar-refractivity contribution < 1.29 is 4.79 Å². The molecule has 4 heterocycles. The Labute approximate surface area is 191 Å². The maximum absolute atomic E-state index is 13.2. The lowest BCUT2D eigenvalue weighted by Crippen LogP contribution is -2.39. The third-order valence-electron chi connectivity index (χ3n) is 6.05. The predicted molar refractivity (Wildman–Crippen MR) is 126 cm³/mol. The van der Waals surface area contributed by atoms with Gasteiger partial charge in [0, 0.05) is 31.1 Å². The normalized spacial score (nSPS) is 17.1. The molecule has 2 aromatic heterocycles. The van der Waals surface area contributed by atoms with E-state index >= 15 is 0 Å². The molecule has 0 radical (unpaired) electrons. The van der Waals surface area contributed by atoms with Crippen LogP contribution in [-0.2, 0) is 17.8 Å². The zero-order chi connectivity index (χ0) is 21.4. The third kappa shape index (κ3) is 4.11. The van der Waals surface area contributed by atoms with Crippen LogP contribution in [0, 0.1) is 6.92 Å². The Hall–Kier alpha value is -2.32. The number of thiophene rings is 1. The van der Waals surface area contributed by atoms with Crippen molar-refractivity contribution in [2.24, 2.45) is 0 Å². The lowest BCUT2D eigenvalue weighted by molar-refractivity contribution is -0.131. The molecule has 0 aliphatic carbocycles. The first-order chi connectivity index (χ1) is 15.1. The van der Waals surface area contributed by atoms with E-state index in [-0.39, 0.29) is 11.2 Å². The lowest BCUT2D eigenvalue weighted by atomic mass is 10.1. The summed E-state index contributed by atoms with van der Waals surface area (Å²) in [4.78, 5) is 18.9. The minimum absolute atomic E-state index is 0.169. The van der Waals surface area contributed by atoms with E-state index in [1.54, 1.807) is 11.3 Å². The first kappa shape index (κ1) is 20.6. The average molecular weight is 454 g/mol. The molecule has 0 N–H and O–H groups in total. The summed E-state index contributed by atoms with van der Waals surface area (Å²) in [6.45, 7) is 7.58. The number of thioether (sulfide) groups is 1. The quantitative estimate of drug-likeness (QED) is 0.539. The smallest absolute Gasteiger partial charge is 0.236 e. The topological polar surface area (TPSA) is 54.3 Å². The van der Waals surface area contributed by atoms with Crippen LogP contribution in [0.1, 0.15) is 35.8 Å².